The summed E-state index contributed by atoms with van der Waals surface area (Å²) in [5.74, 6) is 0. The number of aromatic nitrogens is 1. The molecular formula is C12H13NS. The number of H-pyrrole nitrogens is 1. The van der Waals surface area contributed by atoms with Gasteiger partial charge in [0.15, 0.2) is 0 Å². The third-order valence-corrected chi connectivity index (χ3v) is 3.01. The van der Waals surface area contributed by atoms with Crippen LogP contribution in [0.2, 0.25) is 0 Å². The second kappa shape index (κ2) is 3.93. The fraction of sp³-hybridized carbons (Fsp3) is 0.167. The maximum absolute atomic E-state index is 3.23. The van der Waals surface area contributed by atoms with Crippen LogP contribution in [0.3, 0.4) is 0 Å². The zero-order valence-corrected chi connectivity index (χ0v) is 9.19. The fourth-order valence-electron chi connectivity index (χ4n) is 1.27. The van der Waals surface area contributed by atoms with Crippen LogP contribution in [0.1, 0.15) is 11.1 Å². The van der Waals surface area contributed by atoms with Crippen molar-refractivity contribution in [2.45, 2.75) is 23.8 Å². The van der Waals surface area contributed by atoms with E-state index >= 15 is 0 Å². The summed E-state index contributed by atoms with van der Waals surface area (Å²) in [4.78, 5) is 4.51. The van der Waals surface area contributed by atoms with Crippen molar-refractivity contribution in [1.29, 1.82) is 0 Å². The lowest BCUT2D eigenvalue weighted by molar-refractivity contribution is 1.20. The van der Waals surface area contributed by atoms with E-state index in [4.69, 9.17) is 0 Å². The summed E-state index contributed by atoms with van der Waals surface area (Å²) in [6, 6.07) is 10.7. The molecule has 0 aliphatic heterocycles. The van der Waals surface area contributed by atoms with Crippen molar-refractivity contribution in [3.05, 3.63) is 47.7 Å². The first-order valence-corrected chi connectivity index (χ1v) is 5.45. The highest BCUT2D eigenvalue weighted by Crippen LogP contribution is 2.26. The van der Waals surface area contributed by atoms with Crippen molar-refractivity contribution in [3.63, 3.8) is 0 Å². The lowest BCUT2D eigenvalue weighted by atomic mass is 10.2. The Morgan fingerprint density at radius 1 is 1.00 bits per heavy atom. The van der Waals surface area contributed by atoms with Gasteiger partial charge in [-0.3, -0.25) is 0 Å². The minimum atomic E-state index is 1.20. The Kier molecular flexibility index (Phi) is 2.64. The number of aromatic amines is 1. The van der Waals surface area contributed by atoms with Gasteiger partial charge in [0, 0.05) is 11.1 Å². The molecule has 1 N–H and O–H groups in total. The highest BCUT2D eigenvalue weighted by atomic mass is 32.2. The molecule has 0 saturated heterocycles. The molecule has 0 atom stereocenters. The summed E-state index contributed by atoms with van der Waals surface area (Å²) in [6.45, 7) is 4.20. The highest BCUT2D eigenvalue weighted by molar-refractivity contribution is 7.99. The van der Waals surface area contributed by atoms with Gasteiger partial charge in [-0.1, -0.05) is 29.5 Å². The van der Waals surface area contributed by atoms with E-state index in [1.54, 1.807) is 11.8 Å². The summed E-state index contributed by atoms with van der Waals surface area (Å²) >= 11 is 1.76. The predicted octanol–water partition coefficient (Wildman–Crippen LogP) is 3.78. The van der Waals surface area contributed by atoms with Crippen LogP contribution in [0.5, 0.6) is 0 Å². The van der Waals surface area contributed by atoms with Crippen LogP contribution in [-0.4, -0.2) is 4.98 Å². The maximum Gasteiger partial charge on any atom is 0.0772 e. The molecule has 2 aromatic rings. The predicted molar refractivity (Wildman–Crippen MR) is 60.8 cm³/mol. The summed E-state index contributed by atoms with van der Waals surface area (Å²) in [6.07, 6.45) is 2.02. The quantitative estimate of drug-likeness (QED) is 0.785. The summed E-state index contributed by atoms with van der Waals surface area (Å²) in [7, 11) is 0. The van der Waals surface area contributed by atoms with E-state index in [0.29, 0.717) is 0 Å². The number of rotatable bonds is 2. The summed E-state index contributed by atoms with van der Waals surface area (Å²) in [5, 5.41) is 1.20. The molecule has 14 heavy (non-hydrogen) atoms. The van der Waals surface area contributed by atoms with E-state index in [2.05, 4.69) is 49.2 Å². The van der Waals surface area contributed by atoms with Gasteiger partial charge in [-0.05, 0) is 37.6 Å². The van der Waals surface area contributed by atoms with Gasteiger partial charge in [0.1, 0.15) is 0 Å². The first kappa shape index (κ1) is 9.41. The number of hydrogen-bond donors (Lipinski definition) is 1. The molecule has 0 aliphatic carbocycles. The van der Waals surface area contributed by atoms with Gasteiger partial charge in [-0.2, -0.15) is 0 Å². The van der Waals surface area contributed by atoms with Gasteiger partial charge in [-0.25, -0.2) is 0 Å². The van der Waals surface area contributed by atoms with Gasteiger partial charge < -0.3 is 4.98 Å². The van der Waals surface area contributed by atoms with Crippen molar-refractivity contribution in [2.75, 3.05) is 0 Å². The van der Waals surface area contributed by atoms with Crippen LogP contribution in [0.25, 0.3) is 0 Å². The Bertz CT molecular complexity index is 414. The number of nitrogens with one attached hydrogen (secondary N) is 1. The maximum atomic E-state index is 3.23. The molecule has 0 saturated carbocycles. The lowest BCUT2D eigenvalue weighted by Gasteiger charge is -1.98. The smallest absolute Gasteiger partial charge is 0.0772 e. The number of hydrogen-bond acceptors (Lipinski definition) is 1. The first-order valence-electron chi connectivity index (χ1n) is 4.63. The third kappa shape index (κ3) is 2.20. The first-order chi connectivity index (χ1) is 6.74. The Morgan fingerprint density at radius 2 is 1.71 bits per heavy atom. The van der Waals surface area contributed by atoms with Crippen LogP contribution in [0.4, 0.5) is 0 Å². The monoisotopic (exact) mass is 203 g/mol. The standard InChI is InChI=1S/C12H13NS/c1-9-3-5-11(6-4-9)14-12-7-10(2)8-13-12/h3-8,13H,1-2H3. The van der Waals surface area contributed by atoms with Crippen molar-refractivity contribution in [2.24, 2.45) is 0 Å². The van der Waals surface area contributed by atoms with Gasteiger partial charge in [-0.15, -0.1) is 0 Å². The molecule has 72 valence electrons. The Morgan fingerprint density at radius 3 is 2.29 bits per heavy atom. The van der Waals surface area contributed by atoms with Gasteiger partial charge in [0.2, 0.25) is 0 Å². The molecule has 0 amide bonds. The molecule has 0 fully saturated rings. The molecule has 0 unspecified atom stereocenters. The molecule has 1 nitrogen and oxygen atoms in total. The van der Waals surface area contributed by atoms with E-state index < -0.39 is 0 Å². The second-order valence-electron chi connectivity index (χ2n) is 3.46. The van der Waals surface area contributed by atoms with Gasteiger partial charge in [0.05, 0.1) is 5.03 Å². The van der Waals surface area contributed by atoms with Crippen LogP contribution >= 0.6 is 11.8 Å². The van der Waals surface area contributed by atoms with Gasteiger partial charge >= 0.3 is 0 Å². The molecule has 0 radical (unpaired) electrons. The number of benzene rings is 1. The van der Waals surface area contributed by atoms with Crippen LogP contribution in [-0.2, 0) is 0 Å². The topological polar surface area (TPSA) is 15.8 Å². The molecule has 1 aromatic heterocycles. The van der Waals surface area contributed by atoms with E-state index in [-0.39, 0.29) is 0 Å². The summed E-state index contributed by atoms with van der Waals surface area (Å²) < 4.78 is 0. The molecule has 2 rings (SSSR count). The molecule has 0 aliphatic rings. The minimum absolute atomic E-state index is 1.20. The van der Waals surface area contributed by atoms with Crippen molar-refractivity contribution in [1.82, 2.24) is 4.98 Å². The average molecular weight is 203 g/mol. The molecule has 0 spiro atoms. The van der Waals surface area contributed by atoms with Crippen LogP contribution in [0, 0.1) is 13.8 Å². The Labute approximate surface area is 88.6 Å². The second-order valence-corrected chi connectivity index (χ2v) is 4.57. The van der Waals surface area contributed by atoms with E-state index in [0.717, 1.165) is 0 Å². The van der Waals surface area contributed by atoms with E-state index in [1.807, 2.05) is 6.20 Å². The van der Waals surface area contributed by atoms with Crippen LogP contribution in [0.15, 0.2) is 46.5 Å². The molecule has 1 aromatic carbocycles. The largest absolute Gasteiger partial charge is 0.356 e. The highest BCUT2D eigenvalue weighted by Gasteiger charge is 1.98. The third-order valence-electron chi connectivity index (χ3n) is 2.05. The Hall–Kier alpha value is -1.15. The summed E-state index contributed by atoms with van der Waals surface area (Å²) in [5.41, 5.74) is 2.58. The van der Waals surface area contributed by atoms with Crippen molar-refractivity contribution in [3.8, 4) is 0 Å². The van der Waals surface area contributed by atoms with E-state index in [1.165, 1.54) is 21.0 Å². The van der Waals surface area contributed by atoms with E-state index in [9.17, 15) is 0 Å². The SMILES string of the molecule is Cc1ccc(Sc2cc(C)c[nH]2)cc1. The fourth-order valence-corrected chi connectivity index (χ4v) is 2.16. The lowest BCUT2D eigenvalue weighted by Crippen LogP contribution is -1.74. The zero-order valence-electron chi connectivity index (χ0n) is 8.37. The Balaban J connectivity index is 2.15. The normalized spacial score (nSPS) is 10.4. The molecule has 0 bridgehead atoms. The molecular weight excluding hydrogens is 190 g/mol. The van der Waals surface area contributed by atoms with Crippen molar-refractivity contribution >= 4 is 11.8 Å². The number of aryl methyl sites for hydroxylation is 2. The molecule has 1 heterocycles. The van der Waals surface area contributed by atoms with Crippen LogP contribution < -0.4 is 0 Å². The van der Waals surface area contributed by atoms with Gasteiger partial charge in [0.25, 0.3) is 0 Å². The zero-order chi connectivity index (χ0) is 9.97. The minimum Gasteiger partial charge on any atom is -0.356 e. The molecule has 2 heteroatoms. The van der Waals surface area contributed by atoms with Crippen molar-refractivity contribution < 1.29 is 0 Å². The average Bonchev–Trinajstić information content (AvgIpc) is 2.56.